The summed E-state index contributed by atoms with van der Waals surface area (Å²) >= 11 is 1.45. The fraction of sp³-hybridized carbons (Fsp3) is 0.130. The minimum atomic E-state index is -0.239. The van der Waals surface area contributed by atoms with Gasteiger partial charge in [0.15, 0.2) is 5.78 Å². The molecule has 0 atom stereocenters. The van der Waals surface area contributed by atoms with Gasteiger partial charge in [0.05, 0.1) is 18.0 Å². The van der Waals surface area contributed by atoms with Gasteiger partial charge in [-0.1, -0.05) is 23.9 Å². The Labute approximate surface area is 178 Å². The van der Waals surface area contributed by atoms with Gasteiger partial charge in [-0.15, -0.1) is 0 Å². The van der Waals surface area contributed by atoms with Crippen LogP contribution in [0.4, 0.5) is 11.4 Å². The second-order valence-electron chi connectivity index (χ2n) is 6.88. The van der Waals surface area contributed by atoms with Crippen LogP contribution in [0.25, 0.3) is 0 Å². The lowest BCUT2D eigenvalue weighted by atomic mass is 10.1. The summed E-state index contributed by atoms with van der Waals surface area (Å²) in [5.74, 6) is 0.147. The molecule has 1 aromatic heterocycles. The van der Waals surface area contributed by atoms with Crippen LogP contribution in [0.2, 0.25) is 0 Å². The van der Waals surface area contributed by atoms with Gasteiger partial charge in [-0.2, -0.15) is 0 Å². The summed E-state index contributed by atoms with van der Waals surface area (Å²) in [5.41, 5.74) is 3.47. The number of anilines is 2. The predicted octanol–water partition coefficient (Wildman–Crippen LogP) is 4.18. The van der Waals surface area contributed by atoms with E-state index in [9.17, 15) is 14.4 Å². The van der Waals surface area contributed by atoms with Crippen LogP contribution >= 0.6 is 11.8 Å². The zero-order valence-corrected chi connectivity index (χ0v) is 17.1. The summed E-state index contributed by atoms with van der Waals surface area (Å²) in [6.45, 7) is 1.92. The van der Waals surface area contributed by atoms with Crippen molar-refractivity contribution in [2.75, 3.05) is 16.0 Å². The third kappa shape index (κ3) is 4.26. The van der Waals surface area contributed by atoms with E-state index < -0.39 is 0 Å². The topological polar surface area (TPSA) is 79.4 Å². The first-order valence-corrected chi connectivity index (χ1v) is 10.4. The average Bonchev–Trinajstić information content (AvgIpc) is 2.76. The Bertz CT molecular complexity index is 1110. The normalized spacial score (nSPS) is 13.0. The molecule has 0 saturated carbocycles. The number of fused-ring (bicyclic) bond motifs is 1. The summed E-state index contributed by atoms with van der Waals surface area (Å²) in [7, 11) is 0. The molecule has 1 aliphatic heterocycles. The van der Waals surface area contributed by atoms with Crippen molar-refractivity contribution in [3.05, 3.63) is 83.6 Å². The van der Waals surface area contributed by atoms with Crippen molar-refractivity contribution in [1.29, 1.82) is 0 Å². The predicted molar refractivity (Wildman–Crippen MR) is 117 cm³/mol. The molecule has 3 aromatic rings. The van der Waals surface area contributed by atoms with Gasteiger partial charge < -0.3 is 10.2 Å². The van der Waals surface area contributed by atoms with Crippen LogP contribution < -0.4 is 10.2 Å². The second kappa shape index (κ2) is 8.51. The highest BCUT2D eigenvalue weighted by Crippen LogP contribution is 2.34. The number of benzene rings is 2. The Hall–Kier alpha value is -3.45. The van der Waals surface area contributed by atoms with Gasteiger partial charge in [0.1, 0.15) is 5.03 Å². The first-order valence-electron chi connectivity index (χ1n) is 9.41. The first-order chi connectivity index (χ1) is 14.5. The highest BCUT2D eigenvalue weighted by atomic mass is 32.2. The number of carbonyl (C=O) groups is 3. The van der Waals surface area contributed by atoms with Crippen molar-refractivity contribution < 1.29 is 14.4 Å². The van der Waals surface area contributed by atoms with Gasteiger partial charge in [-0.05, 0) is 61.0 Å². The minimum Gasteiger partial charge on any atom is -0.322 e. The van der Waals surface area contributed by atoms with Gasteiger partial charge >= 0.3 is 0 Å². The summed E-state index contributed by atoms with van der Waals surface area (Å²) in [4.78, 5) is 42.3. The van der Waals surface area contributed by atoms with Crippen molar-refractivity contribution in [3.63, 3.8) is 0 Å². The molecular formula is C23H19N3O3S. The fourth-order valence-corrected chi connectivity index (χ4v) is 4.03. The van der Waals surface area contributed by atoms with E-state index in [1.165, 1.54) is 18.7 Å². The van der Waals surface area contributed by atoms with Crippen molar-refractivity contribution in [2.24, 2.45) is 0 Å². The van der Waals surface area contributed by atoms with E-state index in [1.54, 1.807) is 47.5 Å². The highest BCUT2D eigenvalue weighted by molar-refractivity contribution is 8.00. The Morgan fingerprint density at radius 1 is 1.03 bits per heavy atom. The molecule has 0 saturated heterocycles. The Kier molecular flexibility index (Phi) is 5.63. The maximum absolute atomic E-state index is 12.5. The van der Waals surface area contributed by atoms with Gasteiger partial charge in [-0.3, -0.25) is 14.4 Å². The van der Waals surface area contributed by atoms with Crippen molar-refractivity contribution in [3.8, 4) is 0 Å². The average molecular weight is 417 g/mol. The van der Waals surface area contributed by atoms with E-state index in [0.29, 0.717) is 29.1 Å². The summed E-state index contributed by atoms with van der Waals surface area (Å²) in [6.07, 6.45) is 1.72. The van der Waals surface area contributed by atoms with Crippen LogP contribution in [-0.2, 0) is 11.3 Å². The third-order valence-electron chi connectivity index (χ3n) is 4.78. The molecule has 0 unspecified atom stereocenters. The number of hydrogen-bond acceptors (Lipinski definition) is 5. The highest BCUT2D eigenvalue weighted by Gasteiger charge is 2.25. The number of aromatic nitrogens is 1. The van der Waals surface area contributed by atoms with Gasteiger partial charge in [-0.25, -0.2) is 4.98 Å². The second-order valence-corrected chi connectivity index (χ2v) is 7.84. The molecule has 0 radical (unpaired) electrons. The van der Waals surface area contributed by atoms with E-state index in [2.05, 4.69) is 10.3 Å². The fourth-order valence-electron chi connectivity index (χ4n) is 3.15. The van der Waals surface area contributed by atoms with Crippen LogP contribution in [-0.4, -0.2) is 28.3 Å². The molecule has 7 heteroatoms. The largest absolute Gasteiger partial charge is 0.322 e. The zero-order chi connectivity index (χ0) is 21.1. The lowest BCUT2D eigenvalue weighted by Crippen LogP contribution is -2.35. The van der Waals surface area contributed by atoms with E-state index in [1.807, 2.05) is 24.3 Å². The maximum atomic E-state index is 12.5. The lowest BCUT2D eigenvalue weighted by Gasteiger charge is -2.28. The lowest BCUT2D eigenvalue weighted by molar-refractivity contribution is -0.116. The Balaban J connectivity index is 1.44. The van der Waals surface area contributed by atoms with Crippen molar-refractivity contribution in [1.82, 2.24) is 4.98 Å². The Morgan fingerprint density at radius 2 is 1.73 bits per heavy atom. The van der Waals surface area contributed by atoms with E-state index >= 15 is 0 Å². The summed E-state index contributed by atoms with van der Waals surface area (Å²) < 4.78 is 0. The van der Waals surface area contributed by atoms with Crippen molar-refractivity contribution in [2.45, 2.75) is 18.5 Å². The molecule has 0 bridgehead atoms. The van der Waals surface area contributed by atoms with Gasteiger partial charge in [0, 0.05) is 23.0 Å². The standard InChI is InChI=1S/C23H19N3O3S/c1-15(27)17-8-10-19(11-9-17)25-22(29)18-6-4-16(5-7-18)13-26-20-3-2-12-24-23(20)30-14-21(26)28/h2-12H,13-14H2,1H3,(H,25,29). The molecule has 1 N–H and O–H groups in total. The number of nitrogens with zero attached hydrogens (tertiary/aromatic N) is 2. The maximum Gasteiger partial charge on any atom is 0.255 e. The molecule has 150 valence electrons. The van der Waals surface area contributed by atoms with E-state index in [-0.39, 0.29) is 17.6 Å². The number of pyridine rings is 1. The number of nitrogens with one attached hydrogen (secondary N) is 1. The summed E-state index contributed by atoms with van der Waals surface area (Å²) in [6, 6.07) is 17.7. The third-order valence-corrected chi connectivity index (χ3v) is 5.76. The molecule has 0 fully saturated rings. The smallest absolute Gasteiger partial charge is 0.255 e. The number of thioether (sulfide) groups is 1. The summed E-state index contributed by atoms with van der Waals surface area (Å²) in [5, 5.41) is 3.67. The molecule has 30 heavy (non-hydrogen) atoms. The number of hydrogen-bond donors (Lipinski definition) is 1. The molecule has 1 aliphatic rings. The molecule has 6 nitrogen and oxygen atoms in total. The Morgan fingerprint density at radius 3 is 2.43 bits per heavy atom. The number of ketones is 1. The SMILES string of the molecule is CC(=O)c1ccc(NC(=O)c2ccc(CN3C(=O)CSc4ncccc43)cc2)cc1. The number of Topliss-reactive ketones (excluding diaryl/α,β-unsaturated/α-hetero) is 1. The number of amides is 2. The van der Waals surface area contributed by atoms with E-state index in [0.717, 1.165) is 16.3 Å². The van der Waals surface area contributed by atoms with E-state index in [4.69, 9.17) is 0 Å². The molecule has 0 spiro atoms. The van der Waals surface area contributed by atoms with Crippen LogP contribution in [0.15, 0.2) is 71.9 Å². The molecule has 2 heterocycles. The van der Waals surface area contributed by atoms with Gasteiger partial charge in [0.2, 0.25) is 5.91 Å². The number of carbonyl (C=O) groups excluding carboxylic acids is 3. The minimum absolute atomic E-state index is 0.0207. The van der Waals surface area contributed by atoms with Crippen LogP contribution in [0.5, 0.6) is 0 Å². The molecule has 2 aromatic carbocycles. The molecular weight excluding hydrogens is 398 g/mol. The van der Waals surface area contributed by atoms with Crippen molar-refractivity contribution >= 4 is 40.7 Å². The van der Waals surface area contributed by atoms with Crippen LogP contribution in [0.3, 0.4) is 0 Å². The number of rotatable bonds is 5. The monoisotopic (exact) mass is 417 g/mol. The van der Waals surface area contributed by atoms with Gasteiger partial charge in [0.25, 0.3) is 5.91 Å². The molecule has 0 aliphatic carbocycles. The van der Waals surface area contributed by atoms with Crippen LogP contribution in [0, 0.1) is 0 Å². The molecule has 4 rings (SSSR count). The van der Waals surface area contributed by atoms with Crippen LogP contribution in [0.1, 0.15) is 33.2 Å². The quantitative estimate of drug-likeness (QED) is 0.630. The first kappa shape index (κ1) is 19.8. The zero-order valence-electron chi connectivity index (χ0n) is 16.3. The molecule has 2 amide bonds.